The van der Waals surface area contributed by atoms with E-state index in [0.29, 0.717) is 5.56 Å². The predicted molar refractivity (Wildman–Crippen MR) is 64.7 cm³/mol. The van der Waals surface area contributed by atoms with Crippen LogP contribution in [0.5, 0.6) is 0 Å². The van der Waals surface area contributed by atoms with Crippen molar-refractivity contribution in [2.24, 2.45) is 0 Å². The summed E-state index contributed by atoms with van der Waals surface area (Å²) in [6.45, 7) is 2.04. The molecule has 0 amide bonds. The van der Waals surface area contributed by atoms with Crippen LogP contribution < -0.4 is 5.32 Å². The molecule has 0 radical (unpaired) electrons. The normalized spacial score (nSPS) is 19.5. The van der Waals surface area contributed by atoms with Gasteiger partial charge in [-0.2, -0.15) is 0 Å². The molecule has 2 rings (SSSR count). The van der Waals surface area contributed by atoms with Gasteiger partial charge in [0.25, 0.3) is 0 Å². The van der Waals surface area contributed by atoms with Gasteiger partial charge in [-0.1, -0.05) is 22.0 Å². The largest absolute Gasteiger partial charge is 0.394 e. The number of halogens is 2. The summed E-state index contributed by atoms with van der Waals surface area (Å²) in [7, 11) is 0. The highest BCUT2D eigenvalue weighted by Gasteiger charge is 2.42. The Labute approximate surface area is 103 Å². The molecule has 1 aromatic rings. The van der Waals surface area contributed by atoms with Gasteiger partial charge in [-0.05, 0) is 31.9 Å². The third-order valence-electron chi connectivity index (χ3n) is 3.11. The Kier molecular flexibility index (Phi) is 3.33. The maximum Gasteiger partial charge on any atom is 0.129 e. The Bertz CT molecular complexity index is 393. The highest BCUT2D eigenvalue weighted by molar-refractivity contribution is 9.10. The van der Waals surface area contributed by atoms with Crippen molar-refractivity contribution in [2.45, 2.75) is 31.3 Å². The van der Waals surface area contributed by atoms with Crippen LogP contribution in [0, 0.1) is 5.82 Å². The average molecular weight is 288 g/mol. The van der Waals surface area contributed by atoms with Crippen molar-refractivity contribution in [3.8, 4) is 0 Å². The monoisotopic (exact) mass is 287 g/mol. The van der Waals surface area contributed by atoms with Crippen LogP contribution in [0.1, 0.15) is 31.4 Å². The molecule has 88 valence electrons. The molecule has 16 heavy (non-hydrogen) atoms. The van der Waals surface area contributed by atoms with Gasteiger partial charge in [0.15, 0.2) is 0 Å². The Morgan fingerprint density at radius 2 is 2.25 bits per heavy atom. The smallest absolute Gasteiger partial charge is 0.129 e. The van der Waals surface area contributed by atoms with Crippen molar-refractivity contribution < 1.29 is 9.50 Å². The first-order valence-corrected chi connectivity index (χ1v) is 6.19. The van der Waals surface area contributed by atoms with Gasteiger partial charge in [0.05, 0.1) is 6.61 Å². The van der Waals surface area contributed by atoms with Crippen LogP contribution in [0.4, 0.5) is 4.39 Å². The molecule has 1 saturated carbocycles. The quantitative estimate of drug-likeness (QED) is 0.893. The standard InChI is InChI=1S/C12H15BrFNO/c1-8(15-12(7-16)4-5-12)10-3-2-9(13)6-11(10)14/h2-3,6,8,15-16H,4-5,7H2,1H3/t8-/m1/s1. The molecule has 4 heteroatoms. The number of aliphatic hydroxyl groups excluding tert-OH is 1. The van der Waals surface area contributed by atoms with Gasteiger partial charge in [0.1, 0.15) is 5.82 Å². The molecule has 1 atom stereocenters. The molecule has 2 N–H and O–H groups in total. The second-order valence-electron chi connectivity index (χ2n) is 4.47. The lowest BCUT2D eigenvalue weighted by Gasteiger charge is -2.21. The SMILES string of the molecule is C[C@@H](NC1(CO)CC1)c1ccc(Br)cc1F. The van der Waals surface area contributed by atoms with Crippen molar-refractivity contribution in [3.63, 3.8) is 0 Å². The summed E-state index contributed by atoms with van der Waals surface area (Å²) >= 11 is 3.23. The summed E-state index contributed by atoms with van der Waals surface area (Å²) in [4.78, 5) is 0. The molecule has 0 unspecified atom stereocenters. The lowest BCUT2D eigenvalue weighted by atomic mass is 10.1. The molecule has 0 bridgehead atoms. The number of rotatable bonds is 4. The second kappa shape index (κ2) is 4.43. The average Bonchev–Trinajstić information content (AvgIpc) is 2.98. The molecule has 1 fully saturated rings. The van der Waals surface area contributed by atoms with E-state index in [0.717, 1.165) is 17.3 Å². The first-order valence-electron chi connectivity index (χ1n) is 5.40. The number of hydrogen-bond acceptors (Lipinski definition) is 2. The molecule has 0 saturated heterocycles. The second-order valence-corrected chi connectivity index (χ2v) is 5.39. The van der Waals surface area contributed by atoms with E-state index in [2.05, 4.69) is 21.2 Å². The Morgan fingerprint density at radius 3 is 2.75 bits per heavy atom. The topological polar surface area (TPSA) is 32.3 Å². The van der Waals surface area contributed by atoms with Crippen LogP contribution in [0.25, 0.3) is 0 Å². The van der Waals surface area contributed by atoms with Gasteiger partial charge < -0.3 is 10.4 Å². The molecule has 2 nitrogen and oxygen atoms in total. The summed E-state index contributed by atoms with van der Waals surface area (Å²) in [5.41, 5.74) is 0.474. The fraction of sp³-hybridized carbons (Fsp3) is 0.500. The highest BCUT2D eigenvalue weighted by atomic mass is 79.9. The molecular weight excluding hydrogens is 273 g/mol. The minimum Gasteiger partial charge on any atom is -0.394 e. The number of hydrogen-bond donors (Lipinski definition) is 2. The van der Waals surface area contributed by atoms with Gasteiger partial charge in [0.2, 0.25) is 0 Å². The van der Waals surface area contributed by atoms with Crippen LogP contribution in [0.15, 0.2) is 22.7 Å². The van der Waals surface area contributed by atoms with Crippen LogP contribution >= 0.6 is 15.9 Å². The molecule has 0 aromatic heterocycles. The lowest BCUT2D eigenvalue weighted by Crippen LogP contribution is -2.37. The zero-order chi connectivity index (χ0) is 11.8. The molecule has 1 aliphatic rings. The van der Waals surface area contributed by atoms with Crippen LogP contribution in [0.3, 0.4) is 0 Å². The van der Waals surface area contributed by atoms with Gasteiger partial charge in [-0.3, -0.25) is 0 Å². The summed E-state index contributed by atoms with van der Waals surface area (Å²) in [5, 5.41) is 12.5. The van der Waals surface area contributed by atoms with E-state index in [9.17, 15) is 9.50 Å². The molecule has 0 aliphatic heterocycles. The summed E-state index contributed by atoms with van der Waals surface area (Å²) in [6.07, 6.45) is 1.93. The third-order valence-corrected chi connectivity index (χ3v) is 3.60. The van der Waals surface area contributed by atoms with E-state index >= 15 is 0 Å². The van der Waals surface area contributed by atoms with Crippen molar-refractivity contribution in [2.75, 3.05) is 6.61 Å². The molecule has 0 heterocycles. The van der Waals surface area contributed by atoms with Gasteiger partial charge in [-0.15, -0.1) is 0 Å². The van der Waals surface area contributed by atoms with Crippen LogP contribution in [-0.2, 0) is 0 Å². The van der Waals surface area contributed by atoms with E-state index in [1.165, 1.54) is 6.07 Å². The predicted octanol–water partition coefficient (Wildman–Crippen LogP) is 2.76. The Balaban J connectivity index is 2.11. The van der Waals surface area contributed by atoms with Gasteiger partial charge in [0, 0.05) is 21.6 Å². The minimum absolute atomic E-state index is 0.0808. The number of nitrogens with one attached hydrogen (secondary N) is 1. The Hall–Kier alpha value is -0.450. The zero-order valence-corrected chi connectivity index (χ0v) is 10.7. The maximum absolute atomic E-state index is 13.7. The van der Waals surface area contributed by atoms with E-state index < -0.39 is 0 Å². The van der Waals surface area contributed by atoms with E-state index in [4.69, 9.17) is 0 Å². The van der Waals surface area contributed by atoms with E-state index in [-0.39, 0.29) is 24.0 Å². The molecular formula is C12H15BrFNO. The van der Waals surface area contributed by atoms with Crippen LogP contribution in [-0.4, -0.2) is 17.3 Å². The third kappa shape index (κ3) is 2.44. The number of aliphatic hydroxyl groups is 1. The minimum atomic E-state index is -0.219. The maximum atomic E-state index is 13.7. The van der Waals surface area contributed by atoms with Crippen molar-refractivity contribution in [1.82, 2.24) is 5.32 Å². The van der Waals surface area contributed by atoms with Crippen molar-refractivity contribution >= 4 is 15.9 Å². The fourth-order valence-corrected chi connectivity index (χ4v) is 2.22. The highest BCUT2D eigenvalue weighted by Crippen LogP contribution is 2.37. The first kappa shape index (κ1) is 12.0. The molecule has 1 aromatic carbocycles. The zero-order valence-electron chi connectivity index (χ0n) is 9.13. The molecule has 1 aliphatic carbocycles. The van der Waals surface area contributed by atoms with Crippen LogP contribution in [0.2, 0.25) is 0 Å². The summed E-state index contributed by atoms with van der Waals surface area (Å²) in [5.74, 6) is -0.219. The van der Waals surface area contributed by atoms with Crippen molar-refractivity contribution in [3.05, 3.63) is 34.1 Å². The first-order chi connectivity index (χ1) is 7.56. The van der Waals surface area contributed by atoms with E-state index in [1.807, 2.05) is 13.0 Å². The van der Waals surface area contributed by atoms with Crippen molar-refractivity contribution in [1.29, 1.82) is 0 Å². The van der Waals surface area contributed by atoms with E-state index in [1.54, 1.807) is 6.07 Å². The van der Waals surface area contributed by atoms with Gasteiger partial charge >= 0.3 is 0 Å². The lowest BCUT2D eigenvalue weighted by molar-refractivity contribution is 0.220. The molecule has 0 spiro atoms. The number of benzene rings is 1. The summed E-state index contributed by atoms with van der Waals surface area (Å²) < 4.78 is 14.4. The Morgan fingerprint density at radius 1 is 1.56 bits per heavy atom. The summed E-state index contributed by atoms with van der Waals surface area (Å²) in [6, 6.07) is 4.98. The van der Waals surface area contributed by atoms with Gasteiger partial charge in [-0.25, -0.2) is 4.39 Å². The fourth-order valence-electron chi connectivity index (χ4n) is 1.89.